The first-order chi connectivity index (χ1) is 67.9. The molecule has 760 valence electrons. The number of esters is 6. The van der Waals surface area contributed by atoms with Crippen LogP contribution in [-0.2, 0) is 101 Å². The Hall–Kier alpha value is -12.7. The van der Waals surface area contributed by atoms with Gasteiger partial charge in [-0.3, -0.25) is 52.7 Å². The molecule has 1 aliphatic rings. The molecule has 0 bridgehead atoms. The fourth-order valence-electron chi connectivity index (χ4n) is 10.7. The first-order valence-corrected chi connectivity index (χ1v) is 52.3. The molecule has 1 fully saturated rings. The van der Waals surface area contributed by atoms with Gasteiger partial charge in [-0.1, -0.05) is 124 Å². The number of nitrogens with one attached hydrogen (secondary N) is 3. The number of hydroxylamine groups is 2. The molecule has 2 unspecified atom stereocenters. The van der Waals surface area contributed by atoms with E-state index in [1.807, 2.05) is 142 Å². The topological polar surface area (TPSA) is 460 Å². The fourth-order valence-corrected chi connectivity index (χ4v) is 15.8. The molecule has 0 spiro atoms. The average Bonchev–Trinajstić information content (AvgIpc) is 1.66. The Balaban J connectivity index is 0.000000558. The van der Waals surface area contributed by atoms with Crippen molar-refractivity contribution in [2.45, 2.75) is 162 Å². The Labute approximate surface area is 865 Å². The van der Waals surface area contributed by atoms with E-state index in [-0.39, 0.29) is 98.6 Å². The van der Waals surface area contributed by atoms with Gasteiger partial charge in [0.25, 0.3) is 17.1 Å². The second kappa shape index (κ2) is 70.8. The number of methoxy groups -OCH3 is 5. The van der Waals surface area contributed by atoms with Crippen molar-refractivity contribution in [3.05, 3.63) is 238 Å². The molecule has 4 heterocycles. The van der Waals surface area contributed by atoms with Crippen LogP contribution in [0.2, 0.25) is 0 Å². The number of carbonyl (C=O) groups is 16. The number of carboxylic acids is 1. The summed E-state index contributed by atoms with van der Waals surface area (Å²) in [7, 11) is 6.55. The maximum absolute atomic E-state index is 12.3. The van der Waals surface area contributed by atoms with Crippen LogP contribution in [0.1, 0.15) is 188 Å². The molecule has 1 aliphatic heterocycles. The Kier molecular flexibility index (Phi) is 62.5. The highest BCUT2D eigenvalue weighted by molar-refractivity contribution is 7.99. The van der Waals surface area contributed by atoms with E-state index < -0.39 is 70.6 Å². The number of thioether (sulfide) groups is 5. The molecule has 1 saturated heterocycles. The van der Waals surface area contributed by atoms with Crippen molar-refractivity contribution in [3.63, 3.8) is 0 Å². The number of Topliss-reactive ketones (excluding diaryl/α,β-unsaturated/α-hetero) is 2. The predicted molar refractivity (Wildman–Crippen MR) is 557 cm³/mol. The number of amides is 5. The summed E-state index contributed by atoms with van der Waals surface area (Å²) in [4.78, 5) is 206. The number of nitrogens with zero attached hydrogens (tertiary/aromatic N) is 5. The number of carboxylic acid groups (broad SMARTS) is 1. The van der Waals surface area contributed by atoms with Crippen LogP contribution in [0.15, 0.2) is 208 Å². The standard InChI is InChI=1S/C19H19N3O3S2.C18H20N2O3S2.C14H17NO4S.C14H15NO2S2.C12H14O3S.C9H11NO4.C8H7ClO.C4H8O2.C3H6O2/c1-3-4-5-15(23)21-12-16-22-17(19(24)25-11-10-20)18(27-16)13-6-8-14(26-2)9-7-13;1-4-5-6-14(21)19-11-15-20-16(18(22)23-2)17(25-15)12-7-9-13(24-3)10-8-12;1-4-11(16)15-12(14(18)19-2)13(17)9-5-7-10(20-3)8-6-9;1-4-11-15-12(14(16)17-2)13(19-11)9-5-7-10(18-3)8-6-9;1-8(12(14)15-2)11(13)9-4-6-10(16-3)7-5-9;1-2-3-4-9(13)14-10-7(11)5-6-8(10)12;1-6-2-4-7(5-3-6)8(9)10;1-3-4(5)6-2;1-2-3(4)5/h3,6-9H,1,4-5,11-12H2,2H3,(H,21,23);4,7-10H,1,5-6,11H2,2-3H3,(H,19,21);5-8,12H,4H2,1-3H3,(H,15,16);5-8H,4H2,1-3H3;4-8H,1-3H3;2H,1,3-6H2;2-5H,1H3;3H2,1-2H3;2H2,1H3,(H,4,5). The van der Waals surface area contributed by atoms with Crippen molar-refractivity contribution in [2.75, 3.05) is 73.4 Å². The van der Waals surface area contributed by atoms with E-state index in [9.17, 15) is 76.7 Å². The van der Waals surface area contributed by atoms with Crippen molar-refractivity contribution < 1.29 is 115 Å². The highest BCUT2D eigenvalue weighted by Crippen LogP contribution is 2.36. The largest absolute Gasteiger partial charge is 0.481 e. The van der Waals surface area contributed by atoms with E-state index in [4.69, 9.17) is 36.2 Å². The first-order valence-electron chi connectivity index (χ1n) is 43.3. The number of allylic oxidation sites excluding steroid dienone is 3. The van der Waals surface area contributed by atoms with E-state index in [0.717, 1.165) is 63.0 Å². The molecule has 10 rings (SSSR count). The van der Waals surface area contributed by atoms with Gasteiger partial charge in [0.05, 0.1) is 74.7 Å². The number of ether oxygens (including phenoxy) is 6. The van der Waals surface area contributed by atoms with Gasteiger partial charge in [0.1, 0.15) is 22.0 Å². The Morgan fingerprint density at radius 3 is 1.14 bits per heavy atom. The number of nitriles is 1. The third-order valence-corrected chi connectivity index (χ3v) is 25.9. The molecule has 0 aliphatic carbocycles. The Morgan fingerprint density at radius 2 is 0.824 bits per heavy atom. The molecule has 5 amide bonds. The van der Waals surface area contributed by atoms with Crippen molar-refractivity contribution in [1.29, 1.82) is 5.26 Å². The van der Waals surface area contributed by atoms with Gasteiger partial charge in [-0.2, -0.15) is 5.26 Å². The molecule has 3 aromatic heterocycles. The van der Waals surface area contributed by atoms with Crippen molar-refractivity contribution in [1.82, 2.24) is 36.0 Å². The molecule has 142 heavy (non-hydrogen) atoms. The highest BCUT2D eigenvalue weighted by Gasteiger charge is 2.34. The quantitative estimate of drug-likeness (QED) is 0.00408. The van der Waals surface area contributed by atoms with E-state index in [2.05, 4.69) is 69.7 Å². The molecule has 0 radical (unpaired) electrons. The van der Waals surface area contributed by atoms with E-state index in [1.54, 1.807) is 171 Å². The number of aryl methyl sites for hydroxylation is 2. The van der Waals surface area contributed by atoms with Crippen LogP contribution in [0.5, 0.6) is 0 Å². The first kappa shape index (κ1) is 125. The average molecular weight is 2120 g/mol. The van der Waals surface area contributed by atoms with Gasteiger partial charge in [-0.05, 0) is 172 Å². The number of hydrogen-bond acceptors (Lipinski definition) is 35. The molecule has 9 aromatic rings. The minimum absolute atomic E-state index is 0.0689. The number of rotatable bonds is 38. The molecule has 2 atom stereocenters. The van der Waals surface area contributed by atoms with Crippen LogP contribution in [0.3, 0.4) is 0 Å². The van der Waals surface area contributed by atoms with Crippen molar-refractivity contribution >= 4 is 199 Å². The van der Waals surface area contributed by atoms with Crippen LogP contribution in [0.4, 0.5) is 0 Å². The van der Waals surface area contributed by atoms with Gasteiger partial charge in [-0.25, -0.2) is 38.9 Å². The van der Waals surface area contributed by atoms with Crippen LogP contribution in [-0.4, -0.2) is 199 Å². The van der Waals surface area contributed by atoms with Crippen LogP contribution < -0.4 is 16.0 Å². The van der Waals surface area contributed by atoms with Crippen LogP contribution >= 0.6 is 104 Å². The number of imide groups is 1. The number of aromatic nitrogens is 3. The molecule has 0 saturated carbocycles. The minimum atomic E-state index is -1.30. The van der Waals surface area contributed by atoms with Gasteiger partial charge in [0.2, 0.25) is 17.7 Å². The lowest BCUT2D eigenvalue weighted by Crippen LogP contribution is -2.46. The third kappa shape index (κ3) is 45.9. The predicted octanol–water partition coefficient (Wildman–Crippen LogP) is 19.6. The lowest BCUT2D eigenvalue weighted by atomic mass is 10.00. The maximum atomic E-state index is 12.3. The van der Waals surface area contributed by atoms with Gasteiger partial charge in [0.15, 0.2) is 41.3 Å². The summed E-state index contributed by atoms with van der Waals surface area (Å²) >= 11 is 17.6. The number of thiazole rings is 3. The zero-order valence-electron chi connectivity index (χ0n) is 81.7. The summed E-state index contributed by atoms with van der Waals surface area (Å²) in [5.41, 5.74) is 6.16. The monoisotopic (exact) mass is 2120 g/mol. The zero-order valence-corrected chi connectivity index (χ0v) is 89.0. The lowest BCUT2D eigenvalue weighted by Gasteiger charge is -2.15. The Bertz CT molecular complexity index is 5690. The molecule has 4 N–H and O–H groups in total. The lowest BCUT2D eigenvalue weighted by molar-refractivity contribution is -0.197. The van der Waals surface area contributed by atoms with Crippen LogP contribution in [0, 0.1) is 24.2 Å². The summed E-state index contributed by atoms with van der Waals surface area (Å²) in [5, 5.41) is 26.7. The summed E-state index contributed by atoms with van der Waals surface area (Å²) < 4.78 is 27.9. The zero-order chi connectivity index (χ0) is 106. The molecular formula is C101H117ClN8O24S8. The van der Waals surface area contributed by atoms with E-state index in [1.165, 1.54) is 63.1 Å². The number of ketones is 2. The third-order valence-electron chi connectivity index (χ3n) is 18.5. The second-order valence-corrected chi connectivity index (χ2v) is 36.3. The van der Waals surface area contributed by atoms with Crippen LogP contribution in [0.25, 0.3) is 31.3 Å². The summed E-state index contributed by atoms with van der Waals surface area (Å²) in [6.45, 7) is 21.3. The van der Waals surface area contributed by atoms with Crippen molar-refractivity contribution in [3.8, 4) is 37.4 Å². The molecule has 6 aromatic carbocycles. The second-order valence-electron chi connectivity index (χ2n) is 28.3. The van der Waals surface area contributed by atoms with Gasteiger partial charge in [0, 0.05) is 86.1 Å². The van der Waals surface area contributed by atoms with E-state index in [0.29, 0.717) is 80.9 Å². The molecule has 32 nitrogen and oxygen atoms in total. The fraction of sp³-hybridized carbons (Fsp3) is 0.327. The minimum Gasteiger partial charge on any atom is -0.481 e. The smallest absolute Gasteiger partial charge is 0.359 e. The van der Waals surface area contributed by atoms with Gasteiger partial charge in [-0.15, -0.1) is 118 Å². The summed E-state index contributed by atoms with van der Waals surface area (Å²) in [5.74, 6) is -7.18. The maximum Gasteiger partial charge on any atom is 0.359 e. The SMILES string of the molecule is C=CCCC(=O)NCc1nc(C(=O)OC)c(-c2ccc(SC)cc2)s1.C=CCCC(=O)NCc1nc(C(=O)OCC#N)c(-c2ccc(SC)cc2)s1.C=CCCC(=O)ON1C(=O)CCC1=O.CCC(=O)NC(C(=O)OC)C(=O)c1ccc(SC)cc1.CCC(=O)O.CCC(=O)OC.CCc1nc(C(=O)OC)c(-c2ccc(SC)cc2)s1.COC(=O)C(C)C(=O)c1ccc(SC)cc1.Cc1ccc(C(=O)Cl)cc1. The highest BCUT2D eigenvalue weighted by atomic mass is 35.5. The van der Waals surface area contributed by atoms with E-state index >= 15 is 0 Å². The molecule has 41 heteroatoms. The number of aliphatic carboxylic acids is 1. The number of benzene rings is 6. The normalized spacial score (nSPS) is 10.9. The number of halogens is 1. The van der Waals surface area contributed by atoms with Gasteiger partial charge < -0.3 is 54.3 Å². The molecular weight excluding hydrogens is 2000 g/mol. The number of carbonyl (C=O) groups excluding carboxylic acids is 15. The summed E-state index contributed by atoms with van der Waals surface area (Å²) in [6.07, 6.45) is 19.4. The Morgan fingerprint density at radius 1 is 0.472 bits per heavy atom. The number of hydrogen-bond donors (Lipinski definition) is 4. The van der Waals surface area contributed by atoms with Crippen molar-refractivity contribution in [2.24, 2.45) is 5.92 Å². The summed E-state index contributed by atoms with van der Waals surface area (Å²) in [6, 6.07) is 45.4. The van der Waals surface area contributed by atoms with Gasteiger partial charge >= 0.3 is 47.8 Å².